The van der Waals surface area contributed by atoms with Crippen molar-refractivity contribution in [1.29, 1.82) is 0 Å². The normalized spacial score (nSPS) is 12.5. The van der Waals surface area contributed by atoms with Gasteiger partial charge >= 0.3 is 6.03 Å². The molecule has 2 aromatic rings. The minimum Gasteiger partial charge on any atom is -0.370 e. The van der Waals surface area contributed by atoms with Gasteiger partial charge in [-0.25, -0.2) is 14.8 Å². The monoisotopic (exact) mass is 375 g/mol. The second-order valence-corrected chi connectivity index (χ2v) is 8.16. The number of anilines is 1. The van der Waals surface area contributed by atoms with Crippen molar-refractivity contribution < 1.29 is 9.59 Å². The number of amides is 3. The number of carbonyl (C=O) groups excluding carboxylic acids is 2. The second-order valence-electron chi connectivity index (χ2n) is 6.86. The number of rotatable bonds is 5. The zero-order chi connectivity index (χ0) is 19.3. The maximum atomic E-state index is 12.3. The topological polar surface area (TPSA) is 96.0 Å². The summed E-state index contributed by atoms with van der Waals surface area (Å²) in [6.45, 7) is 9.98. The first kappa shape index (κ1) is 20.0. The molecule has 140 valence electrons. The van der Waals surface area contributed by atoms with Crippen molar-refractivity contribution >= 4 is 40.4 Å². The van der Waals surface area contributed by atoms with Crippen LogP contribution in [0.25, 0.3) is 10.9 Å². The number of carbonyl (C=O) groups is 2. The quantitative estimate of drug-likeness (QED) is 0.549. The number of benzene rings is 1. The van der Waals surface area contributed by atoms with Crippen LogP contribution in [0.5, 0.6) is 0 Å². The summed E-state index contributed by atoms with van der Waals surface area (Å²) in [6.07, 6.45) is 0. The molecule has 0 spiro atoms. The van der Waals surface area contributed by atoms with Crippen LogP contribution in [0.2, 0.25) is 0 Å². The fourth-order valence-electron chi connectivity index (χ4n) is 2.21. The molecule has 0 radical (unpaired) electrons. The molecule has 8 heteroatoms. The van der Waals surface area contributed by atoms with Gasteiger partial charge in [-0.15, -0.1) is 0 Å². The predicted octanol–water partition coefficient (Wildman–Crippen LogP) is 3.17. The third kappa shape index (κ3) is 5.59. The van der Waals surface area contributed by atoms with Gasteiger partial charge in [0.1, 0.15) is 5.82 Å². The van der Waals surface area contributed by atoms with Gasteiger partial charge in [-0.05, 0) is 46.8 Å². The number of nitrogens with zero attached hydrogens (tertiary/aromatic N) is 2. The molecule has 26 heavy (non-hydrogen) atoms. The number of imide groups is 1. The second kappa shape index (κ2) is 8.35. The van der Waals surface area contributed by atoms with E-state index < -0.39 is 22.7 Å². The van der Waals surface area contributed by atoms with E-state index in [0.29, 0.717) is 5.16 Å². The van der Waals surface area contributed by atoms with Gasteiger partial charge in [0.25, 0.3) is 0 Å². The number of urea groups is 1. The van der Waals surface area contributed by atoms with Crippen molar-refractivity contribution in [2.24, 2.45) is 0 Å². The van der Waals surface area contributed by atoms with Crippen molar-refractivity contribution in [3.63, 3.8) is 0 Å². The minimum atomic E-state index is -0.517. The van der Waals surface area contributed by atoms with Gasteiger partial charge < -0.3 is 10.6 Å². The number of hydrogen-bond donors (Lipinski definition) is 3. The molecule has 3 amide bonds. The Balaban J connectivity index is 2.12. The van der Waals surface area contributed by atoms with E-state index >= 15 is 0 Å². The van der Waals surface area contributed by atoms with Crippen LogP contribution in [-0.4, -0.2) is 39.2 Å². The molecular formula is C18H25N5O2S. The molecule has 0 aliphatic heterocycles. The average molecular weight is 375 g/mol. The Morgan fingerprint density at radius 3 is 2.54 bits per heavy atom. The summed E-state index contributed by atoms with van der Waals surface area (Å²) in [7, 11) is 0. The van der Waals surface area contributed by atoms with E-state index in [9.17, 15) is 9.59 Å². The van der Waals surface area contributed by atoms with Crippen LogP contribution >= 0.6 is 11.8 Å². The smallest absolute Gasteiger partial charge is 0.321 e. The Hall–Kier alpha value is -2.35. The number of nitrogens with one attached hydrogen (secondary N) is 3. The molecule has 1 atom stereocenters. The van der Waals surface area contributed by atoms with Gasteiger partial charge in [0.2, 0.25) is 5.91 Å². The molecular weight excluding hydrogens is 350 g/mol. The SMILES string of the molecule is CCNc1nc(SC(C)C(=O)NC(=O)NC(C)(C)C)nc2ccccc12. The summed E-state index contributed by atoms with van der Waals surface area (Å²) < 4.78 is 0. The standard InChI is InChI=1S/C18H25N5O2S/c1-6-19-14-12-9-7-8-10-13(12)20-17(21-14)26-11(2)15(24)22-16(25)23-18(3,4)5/h7-11H,6H2,1-5H3,(H,19,20,21)(H2,22,23,24,25). The van der Waals surface area contributed by atoms with E-state index in [1.54, 1.807) is 6.92 Å². The van der Waals surface area contributed by atoms with Crippen molar-refractivity contribution in [3.05, 3.63) is 24.3 Å². The van der Waals surface area contributed by atoms with E-state index in [1.165, 1.54) is 11.8 Å². The molecule has 0 saturated heterocycles. The van der Waals surface area contributed by atoms with E-state index in [0.717, 1.165) is 23.3 Å². The fourth-order valence-corrected chi connectivity index (χ4v) is 2.98. The summed E-state index contributed by atoms with van der Waals surface area (Å²) in [5.41, 5.74) is 0.391. The number of thioether (sulfide) groups is 1. The third-order valence-electron chi connectivity index (χ3n) is 3.30. The highest BCUT2D eigenvalue weighted by atomic mass is 32.2. The van der Waals surface area contributed by atoms with Crippen LogP contribution in [0, 0.1) is 0 Å². The van der Waals surface area contributed by atoms with Gasteiger partial charge in [-0.1, -0.05) is 23.9 Å². The highest BCUT2D eigenvalue weighted by molar-refractivity contribution is 8.00. The summed E-state index contributed by atoms with van der Waals surface area (Å²) in [6, 6.07) is 7.19. The number of para-hydroxylation sites is 1. The maximum Gasteiger partial charge on any atom is 0.321 e. The van der Waals surface area contributed by atoms with Gasteiger partial charge in [-0.3, -0.25) is 10.1 Å². The van der Waals surface area contributed by atoms with Gasteiger partial charge in [0.05, 0.1) is 10.8 Å². The Labute approximate surface area is 157 Å². The van der Waals surface area contributed by atoms with Crippen LogP contribution in [-0.2, 0) is 4.79 Å². The minimum absolute atomic E-state index is 0.390. The summed E-state index contributed by atoms with van der Waals surface area (Å²) in [5, 5.41) is 9.17. The van der Waals surface area contributed by atoms with Crippen LogP contribution < -0.4 is 16.0 Å². The lowest BCUT2D eigenvalue weighted by molar-refractivity contribution is -0.119. The third-order valence-corrected chi connectivity index (χ3v) is 4.26. The molecule has 1 aromatic heterocycles. The van der Waals surface area contributed by atoms with E-state index in [2.05, 4.69) is 25.9 Å². The predicted molar refractivity (Wildman–Crippen MR) is 105 cm³/mol. The van der Waals surface area contributed by atoms with Gasteiger partial charge in [-0.2, -0.15) is 0 Å². The number of hydrogen-bond acceptors (Lipinski definition) is 6. The molecule has 0 aliphatic rings. The molecule has 2 rings (SSSR count). The Morgan fingerprint density at radius 2 is 1.88 bits per heavy atom. The first-order valence-electron chi connectivity index (χ1n) is 8.50. The van der Waals surface area contributed by atoms with E-state index in [4.69, 9.17) is 0 Å². The van der Waals surface area contributed by atoms with Crippen molar-refractivity contribution in [1.82, 2.24) is 20.6 Å². The molecule has 0 aliphatic carbocycles. The van der Waals surface area contributed by atoms with Crippen LogP contribution in [0.4, 0.5) is 10.6 Å². The first-order valence-corrected chi connectivity index (χ1v) is 9.38. The Bertz CT molecular complexity index is 804. The largest absolute Gasteiger partial charge is 0.370 e. The van der Waals surface area contributed by atoms with Crippen molar-refractivity contribution in [2.75, 3.05) is 11.9 Å². The fraction of sp³-hybridized carbons (Fsp3) is 0.444. The van der Waals surface area contributed by atoms with Gasteiger partial charge in [0, 0.05) is 17.5 Å². The lowest BCUT2D eigenvalue weighted by Gasteiger charge is -2.21. The van der Waals surface area contributed by atoms with Crippen LogP contribution in [0.15, 0.2) is 29.4 Å². The maximum absolute atomic E-state index is 12.3. The number of fused-ring (bicyclic) bond motifs is 1. The zero-order valence-electron chi connectivity index (χ0n) is 15.7. The Morgan fingerprint density at radius 1 is 1.19 bits per heavy atom. The van der Waals surface area contributed by atoms with E-state index in [-0.39, 0.29) is 0 Å². The lowest BCUT2D eigenvalue weighted by atomic mass is 10.1. The number of aromatic nitrogens is 2. The van der Waals surface area contributed by atoms with Crippen LogP contribution in [0.3, 0.4) is 0 Å². The molecule has 1 aromatic carbocycles. The molecule has 0 bridgehead atoms. The summed E-state index contributed by atoms with van der Waals surface area (Å²) >= 11 is 1.21. The lowest BCUT2D eigenvalue weighted by Crippen LogP contribution is -2.49. The first-order chi connectivity index (χ1) is 12.2. The van der Waals surface area contributed by atoms with Crippen molar-refractivity contribution in [2.45, 2.75) is 50.6 Å². The Kier molecular flexibility index (Phi) is 6.42. The van der Waals surface area contributed by atoms with E-state index in [1.807, 2.05) is 52.0 Å². The highest BCUT2D eigenvalue weighted by Crippen LogP contribution is 2.26. The highest BCUT2D eigenvalue weighted by Gasteiger charge is 2.21. The summed E-state index contributed by atoms with van der Waals surface area (Å²) in [4.78, 5) is 33.1. The molecule has 7 nitrogen and oxygen atoms in total. The van der Waals surface area contributed by atoms with Crippen molar-refractivity contribution in [3.8, 4) is 0 Å². The van der Waals surface area contributed by atoms with Gasteiger partial charge in [0.15, 0.2) is 5.16 Å². The summed E-state index contributed by atoms with van der Waals surface area (Å²) in [5.74, 6) is 0.345. The molecule has 0 saturated carbocycles. The molecule has 3 N–H and O–H groups in total. The molecule has 1 unspecified atom stereocenters. The zero-order valence-corrected chi connectivity index (χ0v) is 16.5. The average Bonchev–Trinajstić information content (AvgIpc) is 2.53. The van der Waals surface area contributed by atoms with Crippen LogP contribution in [0.1, 0.15) is 34.6 Å². The molecule has 0 fully saturated rings. The molecule has 1 heterocycles.